The molecule has 2 heterocycles. The van der Waals surface area contributed by atoms with Crippen molar-refractivity contribution < 1.29 is 13.6 Å². The third-order valence-electron chi connectivity index (χ3n) is 5.70. The van der Waals surface area contributed by atoms with Crippen LogP contribution in [0.5, 0.6) is 0 Å². The van der Waals surface area contributed by atoms with Gasteiger partial charge in [-0.1, -0.05) is 29.8 Å². The topological polar surface area (TPSA) is 68.3 Å². The summed E-state index contributed by atoms with van der Waals surface area (Å²) in [5.74, 6) is 1.02. The zero-order valence-electron chi connectivity index (χ0n) is 18.4. The van der Waals surface area contributed by atoms with Gasteiger partial charge in [-0.3, -0.25) is 4.79 Å². The number of amides is 1. The average molecular weight is 457 g/mol. The molecule has 164 valence electrons. The molecule has 5 nitrogen and oxygen atoms in total. The fourth-order valence-electron chi connectivity index (χ4n) is 3.61. The van der Waals surface area contributed by atoms with Crippen LogP contribution in [0.15, 0.2) is 75.6 Å². The molecule has 0 aliphatic carbocycles. The number of aromatic nitrogens is 1. The Balaban J connectivity index is 1.40. The molecule has 0 fully saturated rings. The molecule has 0 saturated carbocycles. The van der Waals surface area contributed by atoms with Gasteiger partial charge >= 0.3 is 0 Å². The highest BCUT2D eigenvalue weighted by Gasteiger charge is 2.16. The number of hydrogen-bond donors (Lipinski definition) is 1. The van der Waals surface area contributed by atoms with Crippen molar-refractivity contribution in [2.24, 2.45) is 0 Å². The van der Waals surface area contributed by atoms with E-state index in [2.05, 4.69) is 30.2 Å². The zero-order valence-corrected chi connectivity index (χ0v) is 19.2. The minimum atomic E-state index is -0.324. The third kappa shape index (κ3) is 4.15. The quantitative estimate of drug-likeness (QED) is 0.302. The normalized spacial score (nSPS) is 11.2. The van der Waals surface area contributed by atoms with E-state index in [9.17, 15) is 4.79 Å². The Bertz CT molecular complexity index is 1510. The van der Waals surface area contributed by atoms with E-state index in [-0.39, 0.29) is 11.7 Å². The number of nitrogens with zero attached hydrogens (tertiary/aromatic N) is 1. The first-order chi connectivity index (χ1) is 15.9. The number of rotatable bonds is 4. The molecule has 0 saturated heterocycles. The highest BCUT2D eigenvalue weighted by Crippen LogP contribution is 2.30. The van der Waals surface area contributed by atoms with E-state index in [0.717, 1.165) is 16.7 Å². The number of carbonyl (C=O) groups is 1. The van der Waals surface area contributed by atoms with Gasteiger partial charge in [-0.2, -0.15) is 0 Å². The summed E-state index contributed by atoms with van der Waals surface area (Å²) in [6.07, 6.45) is 0. The highest BCUT2D eigenvalue weighted by atomic mass is 35.5. The molecule has 3 aromatic carbocycles. The number of aryl methyl sites for hydroxylation is 3. The maximum absolute atomic E-state index is 12.9. The standard InChI is InChI=1S/C27H21ClN2O3/c1-15-4-6-18(12-17(15)3)23-10-11-25(32-23)26(31)29-21-13-19(7-5-16(21)2)27-30-22-14-20(28)8-9-24(22)33-27/h4-14H,1-3H3,(H,29,31). The van der Waals surface area contributed by atoms with Gasteiger partial charge in [0.05, 0.1) is 0 Å². The van der Waals surface area contributed by atoms with Gasteiger partial charge in [-0.25, -0.2) is 4.98 Å². The monoisotopic (exact) mass is 456 g/mol. The Hall–Kier alpha value is -3.83. The van der Waals surface area contributed by atoms with Gasteiger partial charge in [0.15, 0.2) is 11.3 Å². The van der Waals surface area contributed by atoms with Crippen molar-refractivity contribution in [3.63, 3.8) is 0 Å². The fraction of sp³-hybridized carbons (Fsp3) is 0.111. The second-order valence-electron chi connectivity index (χ2n) is 8.08. The zero-order chi connectivity index (χ0) is 23.1. The summed E-state index contributed by atoms with van der Waals surface area (Å²) >= 11 is 6.05. The van der Waals surface area contributed by atoms with E-state index in [0.29, 0.717) is 33.5 Å². The van der Waals surface area contributed by atoms with Crippen LogP contribution in [0.2, 0.25) is 5.02 Å². The molecular formula is C27H21ClN2O3. The summed E-state index contributed by atoms with van der Waals surface area (Å²) < 4.78 is 11.7. The van der Waals surface area contributed by atoms with Gasteiger partial charge in [-0.05, 0) is 86.0 Å². The second kappa shape index (κ2) is 8.26. The minimum absolute atomic E-state index is 0.240. The number of anilines is 1. The van der Waals surface area contributed by atoms with Crippen LogP contribution in [0.3, 0.4) is 0 Å². The van der Waals surface area contributed by atoms with E-state index in [4.69, 9.17) is 20.4 Å². The van der Waals surface area contributed by atoms with Crippen LogP contribution in [0, 0.1) is 20.8 Å². The molecule has 0 aliphatic heterocycles. The van der Waals surface area contributed by atoms with Crippen molar-refractivity contribution >= 4 is 34.3 Å². The number of benzene rings is 3. The molecule has 1 amide bonds. The number of hydrogen-bond acceptors (Lipinski definition) is 4. The lowest BCUT2D eigenvalue weighted by molar-refractivity contribution is 0.0997. The van der Waals surface area contributed by atoms with E-state index in [1.165, 1.54) is 11.1 Å². The Labute approximate surface area is 196 Å². The van der Waals surface area contributed by atoms with Crippen LogP contribution in [-0.4, -0.2) is 10.9 Å². The molecule has 5 rings (SSSR count). The van der Waals surface area contributed by atoms with E-state index in [1.807, 2.05) is 43.3 Å². The van der Waals surface area contributed by atoms with Crippen molar-refractivity contribution in [3.05, 3.63) is 94.2 Å². The predicted molar refractivity (Wildman–Crippen MR) is 131 cm³/mol. The van der Waals surface area contributed by atoms with Crippen LogP contribution in [0.1, 0.15) is 27.2 Å². The first-order valence-corrected chi connectivity index (χ1v) is 10.9. The average Bonchev–Trinajstić information content (AvgIpc) is 3.44. The molecule has 0 spiro atoms. The van der Waals surface area contributed by atoms with E-state index < -0.39 is 0 Å². The summed E-state index contributed by atoms with van der Waals surface area (Å²) in [6.45, 7) is 6.04. The van der Waals surface area contributed by atoms with Crippen LogP contribution in [0.25, 0.3) is 33.9 Å². The number of fused-ring (bicyclic) bond motifs is 1. The number of halogens is 1. The molecule has 33 heavy (non-hydrogen) atoms. The number of furan rings is 1. The van der Waals surface area contributed by atoms with Crippen LogP contribution in [-0.2, 0) is 0 Å². The minimum Gasteiger partial charge on any atom is -0.451 e. The van der Waals surface area contributed by atoms with Crippen LogP contribution < -0.4 is 5.32 Å². The molecular weight excluding hydrogens is 436 g/mol. The number of carbonyl (C=O) groups excluding carboxylic acids is 1. The molecule has 0 unspecified atom stereocenters. The smallest absolute Gasteiger partial charge is 0.291 e. The molecule has 2 aromatic heterocycles. The van der Waals surface area contributed by atoms with Gasteiger partial charge in [0.1, 0.15) is 11.3 Å². The summed E-state index contributed by atoms with van der Waals surface area (Å²) in [6, 6.07) is 20.5. The lowest BCUT2D eigenvalue weighted by Gasteiger charge is -2.08. The van der Waals surface area contributed by atoms with Crippen molar-refractivity contribution in [2.45, 2.75) is 20.8 Å². The van der Waals surface area contributed by atoms with E-state index in [1.54, 1.807) is 24.3 Å². The van der Waals surface area contributed by atoms with Gasteiger partial charge in [0.2, 0.25) is 5.89 Å². The van der Waals surface area contributed by atoms with Crippen LogP contribution in [0.4, 0.5) is 5.69 Å². The maximum atomic E-state index is 12.9. The summed E-state index contributed by atoms with van der Waals surface area (Å²) in [7, 11) is 0. The lowest BCUT2D eigenvalue weighted by Crippen LogP contribution is -2.11. The maximum Gasteiger partial charge on any atom is 0.291 e. The molecule has 5 aromatic rings. The molecule has 0 radical (unpaired) electrons. The Morgan fingerprint density at radius 1 is 0.818 bits per heavy atom. The molecule has 0 atom stereocenters. The fourth-order valence-corrected chi connectivity index (χ4v) is 3.77. The van der Waals surface area contributed by atoms with Crippen molar-refractivity contribution in [1.82, 2.24) is 4.98 Å². The summed E-state index contributed by atoms with van der Waals surface area (Å²) in [5, 5.41) is 3.54. The summed E-state index contributed by atoms with van der Waals surface area (Å²) in [5.41, 5.74) is 6.96. The Morgan fingerprint density at radius 3 is 2.42 bits per heavy atom. The Morgan fingerprint density at radius 2 is 1.61 bits per heavy atom. The SMILES string of the molecule is Cc1ccc(-c2ccc(C(=O)Nc3cc(-c4nc5cc(Cl)ccc5o4)ccc3C)o2)cc1C. The van der Waals surface area contributed by atoms with Crippen molar-refractivity contribution in [2.75, 3.05) is 5.32 Å². The predicted octanol–water partition coefficient (Wildman–Crippen LogP) is 7.59. The van der Waals surface area contributed by atoms with Gasteiger partial charge < -0.3 is 14.2 Å². The third-order valence-corrected chi connectivity index (χ3v) is 5.94. The molecule has 0 bridgehead atoms. The molecule has 1 N–H and O–H groups in total. The van der Waals surface area contributed by atoms with Gasteiger partial charge in [0.25, 0.3) is 5.91 Å². The molecule has 6 heteroatoms. The number of nitrogens with one attached hydrogen (secondary N) is 1. The van der Waals surface area contributed by atoms with Crippen molar-refractivity contribution in [3.8, 4) is 22.8 Å². The first kappa shape index (κ1) is 21.0. The van der Waals surface area contributed by atoms with Crippen molar-refractivity contribution in [1.29, 1.82) is 0 Å². The largest absolute Gasteiger partial charge is 0.451 e. The number of oxazole rings is 1. The second-order valence-corrected chi connectivity index (χ2v) is 8.51. The van der Waals surface area contributed by atoms with Crippen LogP contribution >= 0.6 is 11.6 Å². The van der Waals surface area contributed by atoms with Gasteiger partial charge in [-0.15, -0.1) is 0 Å². The first-order valence-electron chi connectivity index (χ1n) is 10.5. The van der Waals surface area contributed by atoms with Gasteiger partial charge in [0, 0.05) is 21.8 Å². The van der Waals surface area contributed by atoms with E-state index >= 15 is 0 Å². The highest BCUT2D eigenvalue weighted by molar-refractivity contribution is 6.31. The lowest BCUT2D eigenvalue weighted by atomic mass is 10.1. The molecule has 0 aliphatic rings. The summed E-state index contributed by atoms with van der Waals surface area (Å²) in [4.78, 5) is 17.4. The Kier molecular flexibility index (Phi) is 5.27.